The first-order valence-corrected chi connectivity index (χ1v) is 17.0. The molecule has 252 valence electrons. The first kappa shape index (κ1) is 37.2. The van der Waals surface area contributed by atoms with E-state index in [2.05, 4.69) is 17.9 Å². The summed E-state index contributed by atoms with van der Waals surface area (Å²) in [4.78, 5) is 52.0. The van der Waals surface area contributed by atoms with Crippen molar-refractivity contribution in [1.29, 1.82) is 0 Å². The molecule has 0 spiro atoms. The molecular formula is C35H41NO10S. The number of hydrogen-bond acceptors (Lipinski definition) is 9. The average Bonchev–Trinajstić information content (AvgIpc) is 3.04. The van der Waals surface area contributed by atoms with Crippen LogP contribution in [0.15, 0.2) is 77.7 Å². The number of sulfone groups is 1. The molecular weight excluding hydrogens is 626 g/mol. The van der Waals surface area contributed by atoms with Crippen molar-refractivity contribution in [2.45, 2.75) is 62.0 Å². The second kappa shape index (κ2) is 15.1. The van der Waals surface area contributed by atoms with Crippen LogP contribution in [0, 0.1) is 13.8 Å². The van der Waals surface area contributed by atoms with E-state index in [9.17, 15) is 48.0 Å². The van der Waals surface area contributed by atoms with Gasteiger partial charge in [-0.05, 0) is 69.8 Å². The number of aliphatic carboxylic acids is 2. The lowest BCUT2D eigenvalue weighted by atomic mass is 9.73. The van der Waals surface area contributed by atoms with Crippen molar-refractivity contribution in [3.8, 4) is 0 Å². The summed E-state index contributed by atoms with van der Waals surface area (Å²) in [5.41, 5.74) is -6.10. The fourth-order valence-corrected chi connectivity index (χ4v) is 6.18. The third kappa shape index (κ3) is 8.20. The highest BCUT2D eigenvalue weighted by molar-refractivity contribution is 7.90. The number of carbonyl (C=O) groups is 4. The molecule has 4 N–H and O–H groups in total. The van der Waals surface area contributed by atoms with Gasteiger partial charge >= 0.3 is 11.9 Å². The van der Waals surface area contributed by atoms with Crippen LogP contribution in [0.1, 0.15) is 69.5 Å². The standard InChI is InChI=1S/C20H18O8.C15H23NO2S/c1-11-3-7-13(8-4-11)15(21)19(27,17(23)24)20(28,18(25)26)16(22)14-9-5-12(2)6-10-14;1-3-9-16-10-5-7-14(12-16)13-6-4-8-15(11-13)19(2,17)18/h3-10,27-28H,1-2H3,(H,23,24)(H,25,26);4,6,8,11,14H,3,5,7,9-10,12H2,1-2H3/t;14-/m.0/s1. The van der Waals surface area contributed by atoms with Crippen LogP contribution in [0.25, 0.3) is 0 Å². The molecule has 0 amide bonds. The maximum Gasteiger partial charge on any atom is 0.348 e. The monoisotopic (exact) mass is 667 g/mol. The quantitative estimate of drug-likeness (QED) is 0.173. The summed E-state index contributed by atoms with van der Waals surface area (Å²) in [6, 6.07) is 17.8. The van der Waals surface area contributed by atoms with E-state index in [1.807, 2.05) is 12.1 Å². The van der Waals surface area contributed by atoms with Crippen LogP contribution >= 0.6 is 0 Å². The Morgan fingerprint density at radius 2 is 1.28 bits per heavy atom. The summed E-state index contributed by atoms with van der Waals surface area (Å²) in [5.74, 6) is -7.54. The predicted molar refractivity (Wildman–Crippen MR) is 174 cm³/mol. The van der Waals surface area contributed by atoms with E-state index in [4.69, 9.17) is 0 Å². The van der Waals surface area contributed by atoms with Crippen molar-refractivity contribution in [1.82, 2.24) is 4.90 Å². The van der Waals surface area contributed by atoms with E-state index < -0.39 is 44.5 Å². The van der Waals surface area contributed by atoms with Gasteiger partial charge in [0, 0.05) is 23.9 Å². The van der Waals surface area contributed by atoms with E-state index in [1.165, 1.54) is 55.5 Å². The Balaban J connectivity index is 0.000000274. The van der Waals surface area contributed by atoms with Gasteiger partial charge < -0.3 is 25.3 Å². The van der Waals surface area contributed by atoms with Gasteiger partial charge in [0.1, 0.15) is 0 Å². The van der Waals surface area contributed by atoms with Crippen LogP contribution in [0.3, 0.4) is 0 Å². The maximum atomic E-state index is 12.8. The number of Topliss-reactive ketones (excluding diaryl/α,β-unsaturated/α-hetero) is 2. The summed E-state index contributed by atoms with van der Waals surface area (Å²) in [6.07, 6.45) is 4.81. The summed E-state index contributed by atoms with van der Waals surface area (Å²) in [7, 11) is -3.10. The van der Waals surface area contributed by atoms with Crippen molar-refractivity contribution in [3.05, 3.63) is 101 Å². The largest absolute Gasteiger partial charge is 0.479 e. The minimum atomic E-state index is -3.96. The highest BCUT2D eigenvalue weighted by Crippen LogP contribution is 2.32. The number of ketones is 2. The third-order valence-corrected chi connectivity index (χ3v) is 9.34. The van der Waals surface area contributed by atoms with Crippen LogP contribution in [0.2, 0.25) is 0 Å². The molecule has 4 rings (SSSR count). The van der Waals surface area contributed by atoms with Gasteiger partial charge in [-0.2, -0.15) is 0 Å². The van der Waals surface area contributed by atoms with Gasteiger partial charge in [-0.1, -0.05) is 78.7 Å². The number of carboxylic acids is 2. The molecule has 12 heteroatoms. The van der Waals surface area contributed by atoms with Gasteiger partial charge in [-0.15, -0.1) is 0 Å². The van der Waals surface area contributed by atoms with E-state index in [1.54, 1.807) is 19.9 Å². The second-order valence-electron chi connectivity index (χ2n) is 11.9. The number of carbonyl (C=O) groups excluding carboxylic acids is 2. The summed E-state index contributed by atoms with van der Waals surface area (Å²) in [5, 5.41) is 40.3. The molecule has 0 aliphatic carbocycles. The molecule has 2 unspecified atom stereocenters. The number of aliphatic hydroxyl groups is 2. The van der Waals surface area contributed by atoms with Crippen LogP contribution in [0.4, 0.5) is 0 Å². The summed E-state index contributed by atoms with van der Waals surface area (Å²) < 4.78 is 23.2. The number of piperidine rings is 1. The Hall–Kier alpha value is -4.23. The summed E-state index contributed by atoms with van der Waals surface area (Å²) >= 11 is 0. The highest BCUT2D eigenvalue weighted by Gasteiger charge is 2.69. The average molecular weight is 668 g/mol. The lowest BCUT2D eigenvalue weighted by Gasteiger charge is -2.34. The van der Waals surface area contributed by atoms with Gasteiger partial charge in [-0.3, -0.25) is 9.59 Å². The molecule has 1 saturated heterocycles. The molecule has 3 aromatic carbocycles. The van der Waals surface area contributed by atoms with Crippen LogP contribution in [-0.2, 0) is 19.4 Å². The molecule has 47 heavy (non-hydrogen) atoms. The highest BCUT2D eigenvalue weighted by atomic mass is 32.2. The molecule has 1 aliphatic heterocycles. The Kier molecular flexibility index (Phi) is 12.0. The number of rotatable bonds is 11. The Bertz CT molecular complexity index is 1640. The number of aryl methyl sites for hydroxylation is 2. The molecule has 1 heterocycles. The molecule has 1 aliphatic rings. The fraction of sp³-hybridized carbons (Fsp3) is 0.371. The molecule has 1 fully saturated rings. The lowest BCUT2D eigenvalue weighted by Crippen LogP contribution is -2.71. The molecule has 0 saturated carbocycles. The zero-order chi connectivity index (χ0) is 35.2. The molecule has 0 bridgehead atoms. The SMILES string of the molecule is CCCN1CCC[C@H](c2cccc(S(C)(=O)=O)c2)C1.Cc1ccc(C(=O)C(O)(C(=O)O)C(O)(C(=O)O)C(=O)c2ccc(C)cc2)cc1. The van der Waals surface area contributed by atoms with E-state index >= 15 is 0 Å². The topological polar surface area (TPSA) is 187 Å². The van der Waals surface area contributed by atoms with Gasteiger partial charge in [0.15, 0.2) is 9.84 Å². The minimum absolute atomic E-state index is 0.383. The van der Waals surface area contributed by atoms with Gasteiger partial charge in [0.05, 0.1) is 4.90 Å². The maximum absolute atomic E-state index is 12.8. The van der Waals surface area contributed by atoms with Crippen molar-refractivity contribution in [3.63, 3.8) is 0 Å². The van der Waals surface area contributed by atoms with Gasteiger partial charge in [0.2, 0.25) is 11.6 Å². The normalized spacial score (nSPS) is 17.7. The first-order chi connectivity index (χ1) is 22.0. The molecule has 11 nitrogen and oxygen atoms in total. The number of hydrogen-bond donors (Lipinski definition) is 4. The Morgan fingerprint density at radius 1 is 0.809 bits per heavy atom. The van der Waals surface area contributed by atoms with Crippen molar-refractivity contribution < 1.29 is 48.0 Å². The van der Waals surface area contributed by atoms with E-state index in [-0.39, 0.29) is 11.1 Å². The number of nitrogens with zero attached hydrogens (tertiary/aromatic N) is 1. The van der Waals surface area contributed by atoms with Crippen molar-refractivity contribution >= 4 is 33.3 Å². The first-order valence-electron chi connectivity index (χ1n) is 15.1. The summed E-state index contributed by atoms with van der Waals surface area (Å²) in [6.45, 7) is 8.95. The van der Waals surface area contributed by atoms with Crippen molar-refractivity contribution in [2.24, 2.45) is 0 Å². The Morgan fingerprint density at radius 3 is 1.68 bits per heavy atom. The van der Waals surface area contributed by atoms with Crippen LogP contribution in [-0.4, -0.2) is 94.3 Å². The third-order valence-electron chi connectivity index (χ3n) is 8.23. The zero-order valence-electron chi connectivity index (χ0n) is 26.8. The number of carboxylic acid groups (broad SMARTS) is 2. The molecule has 3 aromatic rings. The number of likely N-dealkylation sites (tertiary alicyclic amines) is 1. The molecule has 0 radical (unpaired) electrons. The fourth-order valence-electron chi connectivity index (χ4n) is 5.51. The van der Waals surface area contributed by atoms with Crippen LogP contribution in [0.5, 0.6) is 0 Å². The molecule has 3 atom stereocenters. The molecule has 0 aromatic heterocycles. The Labute approximate surface area is 274 Å². The second-order valence-corrected chi connectivity index (χ2v) is 13.9. The lowest BCUT2D eigenvalue weighted by molar-refractivity contribution is -0.187. The predicted octanol–water partition coefficient (Wildman–Crippen LogP) is 3.68. The smallest absolute Gasteiger partial charge is 0.348 e. The van der Waals surface area contributed by atoms with Crippen LogP contribution < -0.4 is 0 Å². The number of benzene rings is 3. The van der Waals surface area contributed by atoms with Crippen molar-refractivity contribution in [2.75, 3.05) is 25.9 Å². The van der Waals surface area contributed by atoms with E-state index in [0.717, 1.165) is 43.8 Å². The van der Waals surface area contributed by atoms with E-state index in [0.29, 0.717) is 21.9 Å². The zero-order valence-corrected chi connectivity index (χ0v) is 27.7. The minimum Gasteiger partial charge on any atom is -0.479 e. The van der Waals surface area contributed by atoms with Gasteiger partial charge in [0.25, 0.3) is 11.2 Å². The van der Waals surface area contributed by atoms with Gasteiger partial charge in [-0.25, -0.2) is 18.0 Å².